The van der Waals surface area contributed by atoms with Gasteiger partial charge in [0.25, 0.3) is 17.7 Å². The molecule has 0 aliphatic heterocycles. The van der Waals surface area contributed by atoms with Crippen molar-refractivity contribution in [2.75, 3.05) is 0 Å². The van der Waals surface area contributed by atoms with E-state index in [1.807, 2.05) is 24.3 Å². The van der Waals surface area contributed by atoms with Gasteiger partial charge in [-0.3, -0.25) is 10.2 Å². The second kappa shape index (κ2) is 14.2. The fraction of sp³-hybridized carbons (Fsp3) is 0.0769. The molecule has 4 aromatic carbocycles. The Hall–Kier alpha value is -8.28. The first-order valence-electron chi connectivity index (χ1n) is 17.2. The van der Waals surface area contributed by atoms with Crippen molar-refractivity contribution in [1.82, 2.24) is 56.0 Å². The van der Waals surface area contributed by atoms with Crippen molar-refractivity contribution in [1.29, 1.82) is 5.41 Å². The highest BCUT2D eigenvalue weighted by Crippen LogP contribution is 2.31. The SMILES string of the molecule is Cc1nc(-c2ccc(C(=O)NC(=N)c3cc(-c4noc(-c5ccc(-c6noc(C)n6)cc5)n4)cc(-c4noc(-c5ccc(-c6noc(C)n6)cc5)n4)c3)cc2)no1. The second-order valence-electron chi connectivity index (χ2n) is 12.6. The molecular formula is C39H26N12O6. The molecule has 2 N–H and O–H groups in total. The van der Waals surface area contributed by atoms with Crippen LogP contribution in [0.5, 0.6) is 0 Å². The molecule has 0 saturated heterocycles. The van der Waals surface area contributed by atoms with E-state index in [9.17, 15) is 4.79 Å². The van der Waals surface area contributed by atoms with E-state index >= 15 is 0 Å². The van der Waals surface area contributed by atoms with Crippen LogP contribution in [0.25, 0.3) is 79.8 Å². The third kappa shape index (κ3) is 7.08. The molecule has 9 rings (SSSR count). The normalized spacial score (nSPS) is 11.2. The van der Waals surface area contributed by atoms with Crippen LogP contribution in [0.15, 0.2) is 114 Å². The number of amidine groups is 1. The van der Waals surface area contributed by atoms with Gasteiger partial charge in [-0.25, -0.2) is 0 Å². The molecule has 9 aromatic rings. The lowest BCUT2D eigenvalue weighted by Gasteiger charge is -2.10. The van der Waals surface area contributed by atoms with Gasteiger partial charge in [-0.2, -0.15) is 24.9 Å². The first-order valence-corrected chi connectivity index (χ1v) is 17.2. The maximum absolute atomic E-state index is 13.3. The fourth-order valence-electron chi connectivity index (χ4n) is 5.75. The van der Waals surface area contributed by atoms with Crippen molar-refractivity contribution in [3.05, 3.63) is 120 Å². The Labute approximate surface area is 320 Å². The smallest absolute Gasteiger partial charge is 0.258 e. The highest BCUT2D eigenvalue weighted by Gasteiger charge is 2.20. The van der Waals surface area contributed by atoms with Gasteiger partial charge in [-0.1, -0.05) is 62.2 Å². The second-order valence-corrected chi connectivity index (χ2v) is 12.6. The van der Waals surface area contributed by atoms with Crippen LogP contribution < -0.4 is 5.32 Å². The number of rotatable bonds is 9. The van der Waals surface area contributed by atoms with Crippen molar-refractivity contribution < 1.29 is 27.4 Å². The highest BCUT2D eigenvalue weighted by atomic mass is 16.5. The zero-order valence-corrected chi connectivity index (χ0v) is 30.1. The van der Waals surface area contributed by atoms with Crippen molar-refractivity contribution in [3.8, 4) is 79.8 Å². The van der Waals surface area contributed by atoms with Gasteiger partial charge in [-0.15, -0.1) is 0 Å². The van der Waals surface area contributed by atoms with Crippen molar-refractivity contribution >= 4 is 11.7 Å². The van der Waals surface area contributed by atoms with E-state index in [1.54, 1.807) is 87.5 Å². The number of amides is 1. The fourth-order valence-corrected chi connectivity index (χ4v) is 5.75. The topological polar surface area (TPSA) is 248 Å². The first kappa shape index (κ1) is 34.5. The Kier molecular flexibility index (Phi) is 8.58. The zero-order valence-electron chi connectivity index (χ0n) is 30.1. The summed E-state index contributed by atoms with van der Waals surface area (Å²) in [5.74, 6) is 2.87. The number of carbonyl (C=O) groups excluding carboxylic acids is 1. The zero-order chi connectivity index (χ0) is 39.0. The number of nitrogens with one attached hydrogen (secondary N) is 2. The minimum absolute atomic E-state index is 0.201. The average molecular weight is 759 g/mol. The summed E-state index contributed by atoms with van der Waals surface area (Å²) >= 11 is 0. The lowest BCUT2D eigenvalue weighted by atomic mass is 10.0. The minimum atomic E-state index is -0.509. The maximum atomic E-state index is 13.3. The van der Waals surface area contributed by atoms with Crippen LogP contribution in [0.1, 0.15) is 33.6 Å². The van der Waals surface area contributed by atoms with Crippen LogP contribution in [0, 0.1) is 26.2 Å². The third-order valence-electron chi connectivity index (χ3n) is 8.60. The summed E-state index contributed by atoms with van der Waals surface area (Å²) in [6.45, 7) is 5.13. The summed E-state index contributed by atoms with van der Waals surface area (Å²) in [5, 5.41) is 31.9. The van der Waals surface area contributed by atoms with Gasteiger partial charge in [-0.05, 0) is 54.6 Å². The molecule has 0 fully saturated rings. The standard InChI is InChI=1S/C39H26N12O6/c1-19-41-32(47-53-19)22-4-10-25(11-5-22)37(52)44-31(40)28-16-29(35-45-38(56-50-35)26-12-6-23(7-13-26)33-42-20(2)54-48-33)18-30(17-28)36-46-39(57-51-36)27-14-8-24(9-15-27)34-43-21(3)55-49-34/h4-18H,1-3H3,(H2,40,44,52). The third-order valence-corrected chi connectivity index (χ3v) is 8.60. The van der Waals surface area contributed by atoms with Crippen LogP contribution in [-0.2, 0) is 0 Å². The molecule has 18 nitrogen and oxygen atoms in total. The lowest BCUT2D eigenvalue weighted by molar-refractivity contribution is 0.0977. The van der Waals surface area contributed by atoms with Gasteiger partial charge in [0.15, 0.2) is 0 Å². The van der Waals surface area contributed by atoms with Crippen molar-refractivity contribution in [2.45, 2.75) is 20.8 Å². The monoisotopic (exact) mass is 758 g/mol. The molecule has 1 amide bonds. The number of nitrogens with zero attached hydrogens (tertiary/aromatic N) is 10. The minimum Gasteiger partial charge on any atom is -0.339 e. The molecule has 0 atom stereocenters. The van der Waals surface area contributed by atoms with E-state index in [0.29, 0.717) is 74.1 Å². The van der Waals surface area contributed by atoms with Crippen LogP contribution >= 0.6 is 0 Å². The summed E-state index contributed by atoms with van der Waals surface area (Å²) in [4.78, 5) is 35.4. The number of aromatic nitrogens is 10. The molecule has 0 bridgehead atoms. The highest BCUT2D eigenvalue weighted by molar-refractivity contribution is 6.12. The molecular weight excluding hydrogens is 733 g/mol. The summed E-state index contributed by atoms with van der Waals surface area (Å²) in [5.41, 5.74) is 5.02. The van der Waals surface area contributed by atoms with E-state index in [2.05, 4.69) is 56.0 Å². The number of benzene rings is 4. The molecule has 5 heterocycles. The molecule has 278 valence electrons. The predicted molar refractivity (Wildman–Crippen MR) is 199 cm³/mol. The summed E-state index contributed by atoms with van der Waals surface area (Å²) in [6.07, 6.45) is 0. The van der Waals surface area contributed by atoms with E-state index in [4.69, 9.17) is 28.0 Å². The maximum Gasteiger partial charge on any atom is 0.258 e. The Balaban J connectivity index is 1.01. The van der Waals surface area contributed by atoms with Gasteiger partial charge >= 0.3 is 0 Å². The molecule has 0 aliphatic carbocycles. The lowest BCUT2D eigenvalue weighted by Crippen LogP contribution is -2.30. The predicted octanol–water partition coefficient (Wildman–Crippen LogP) is 6.95. The van der Waals surface area contributed by atoms with Crippen LogP contribution in [-0.4, -0.2) is 62.4 Å². The molecule has 5 aromatic heterocycles. The summed E-state index contributed by atoms with van der Waals surface area (Å²) < 4.78 is 26.6. The molecule has 0 spiro atoms. The quantitative estimate of drug-likeness (QED) is 0.112. The molecule has 0 aliphatic rings. The van der Waals surface area contributed by atoms with Gasteiger partial charge in [0.05, 0.1) is 0 Å². The summed E-state index contributed by atoms with van der Waals surface area (Å²) in [7, 11) is 0. The number of hydrogen-bond acceptors (Lipinski definition) is 17. The van der Waals surface area contributed by atoms with E-state index in [1.165, 1.54) is 0 Å². The van der Waals surface area contributed by atoms with E-state index in [-0.39, 0.29) is 29.3 Å². The van der Waals surface area contributed by atoms with Crippen LogP contribution in [0.4, 0.5) is 0 Å². The molecule has 0 saturated carbocycles. The van der Waals surface area contributed by atoms with Gasteiger partial charge in [0.2, 0.25) is 46.8 Å². The van der Waals surface area contributed by atoms with Crippen molar-refractivity contribution in [3.63, 3.8) is 0 Å². The Morgan fingerprint density at radius 1 is 0.439 bits per heavy atom. The van der Waals surface area contributed by atoms with E-state index in [0.717, 1.165) is 11.1 Å². The molecule has 57 heavy (non-hydrogen) atoms. The molecule has 0 unspecified atom stereocenters. The Bertz CT molecular complexity index is 2760. The van der Waals surface area contributed by atoms with Gasteiger partial charge < -0.3 is 27.9 Å². The van der Waals surface area contributed by atoms with Crippen LogP contribution in [0.3, 0.4) is 0 Å². The summed E-state index contributed by atoms with van der Waals surface area (Å²) in [6, 6.07) is 26.2. The Morgan fingerprint density at radius 2 is 0.789 bits per heavy atom. The van der Waals surface area contributed by atoms with E-state index < -0.39 is 5.91 Å². The molecule has 18 heteroatoms. The Morgan fingerprint density at radius 3 is 1.18 bits per heavy atom. The number of aryl methyl sites for hydroxylation is 3. The first-order chi connectivity index (χ1) is 27.7. The average Bonchev–Trinajstić information content (AvgIpc) is 4.10. The van der Waals surface area contributed by atoms with Gasteiger partial charge in [0, 0.05) is 70.8 Å². The van der Waals surface area contributed by atoms with Crippen molar-refractivity contribution in [2.24, 2.45) is 0 Å². The van der Waals surface area contributed by atoms with Crippen LogP contribution in [0.2, 0.25) is 0 Å². The number of carbonyl (C=O) groups is 1. The largest absolute Gasteiger partial charge is 0.339 e. The number of hydrogen-bond donors (Lipinski definition) is 2. The van der Waals surface area contributed by atoms with Gasteiger partial charge in [0.1, 0.15) is 5.84 Å². The molecule has 0 radical (unpaired) electrons.